The Labute approximate surface area is 135 Å². The molecular weight excluding hydrogens is 296 g/mol. The van der Waals surface area contributed by atoms with Gasteiger partial charge in [0.2, 0.25) is 5.91 Å². The van der Waals surface area contributed by atoms with Crippen LogP contribution in [-0.2, 0) is 11.3 Å². The highest BCUT2D eigenvalue weighted by atomic mass is 32.1. The van der Waals surface area contributed by atoms with Crippen molar-refractivity contribution in [3.63, 3.8) is 0 Å². The molecule has 5 heteroatoms. The Morgan fingerprint density at radius 3 is 2.68 bits per heavy atom. The minimum Gasteiger partial charge on any atom is -0.396 e. The van der Waals surface area contributed by atoms with Crippen LogP contribution in [0.15, 0.2) is 41.8 Å². The highest BCUT2D eigenvalue weighted by Crippen LogP contribution is 2.16. The molecule has 0 bridgehead atoms. The number of carbonyl (C=O) groups excluding carboxylic acids is 1. The summed E-state index contributed by atoms with van der Waals surface area (Å²) in [6.07, 6.45) is 0.585. The van der Waals surface area contributed by atoms with Gasteiger partial charge in [0.1, 0.15) is 0 Å². The Morgan fingerprint density at radius 2 is 2.05 bits per heavy atom. The zero-order valence-electron chi connectivity index (χ0n) is 12.7. The third-order valence-electron chi connectivity index (χ3n) is 3.54. The van der Waals surface area contributed by atoms with Gasteiger partial charge in [0.25, 0.3) is 0 Å². The summed E-state index contributed by atoms with van der Waals surface area (Å²) in [6, 6.07) is 11.9. The molecule has 0 spiro atoms. The predicted octanol–water partition coefficient (Wildman–Crippen LogP) is 2.39. The van der Waals surface area contributed by atoms with Crippen LogP contribution in [0.5, 0.6) is 0 Å². The number of hydrogen-bond donors (Lipinski definition) is 3. The van der Waals surface area contributed by atoms with Gasteiger partial charge in [-0.2, -0.15) is 0 Å². The fourth-order valence-electron chi connectivity index (χ4n) is 2.24. The van der Waals surface area contributed by atoms with Crippen LogP contribution in [0.4, 0.5) is 0 Å². The molecule has 1 aromatic heterocycles. The molecule has 2 rings (SSSR count). The second-order valence-corrected chi connectivity index (χ2v) is 6.16. The van der Waals surface area contributed by atoms with Crippen LogP contribution in [0.2, 0.25) is 0 Å². The number of aliphatic hydroxyl groups is 1. The van der Waals surface area contributed by atoms with Crippen molar-refractivity contribution >= 4 is 17.2 Å². The molecule has 0 radical (unpaired) electrons. The molecule has 0 saturated heterocycles. The van der Waals surface area contributed by atoms with E-state index in [1.807, 2.05) is 42.6 Å². The first-order valence-corrected chi connectivity index (χ1v) is 8.27. The number of hydrogen-bond acceptors (Lipinski definition) is 4. The van der Waals surface area contributed by atoms with E-state index in [9.17, 15) is 9.90 Å². The van der Waals surface area contributed by atoms with Crippen LogP contribution in [0, 0.1) is 6.92 Å². The maximum atomic E-state index is 12.0. The first-order valence-electron chi connectivity index (χ1n) is 7.39. The predicted molar refractivity (Wildman–Crippen MR) is 89.8 cm³/mol. The Kier molecular flexibility index (Phi) is 6.58. The van der Waals surface area contributed by atoms with Crippen LogP contribution in [0.3, 0.4) is 0 Å². The summed E-state index contributed by atoms with van der Waals surface area (Å²) < 4.78 is 0. The summed E-state index contributed by atoms with van der Waals surface area (Å²) in [6.45, 7) is 2.94. The summed E-state index contributed by atoms with van der Waals surface area (Å²) in [5.74, 6) is -0.0355. The van der Waals surface area contributed by atoms with Crippen molar-refractivity contribution in [2.45, 2.75) is 25.9 Å². The van der Waals surface area contributed by atoms with Crippen molar-refractivity contribution in [2.24, 2.45) is 0 Å². The number of aliphatic hydroxyl groups excluding tert-OH is 1. The number of thiophene rings is 1. The van der Waals surface area contributed by atoms with Gasteiger partial charge >= 0.3 is 0 Å². The molecular formula is C17H22N2O2S. The zero-order chi connectivity index (χ0) is 15.8. The number of aryl methyl sites for hydroxylation is 1. The summed E-state index contributed by atoms with van der Waals surface area (Å²) in [5, 5.41) is 17.3. The number of nitrogens with one attached hydrogen (secondary N) is 2. The Balaban J connectivity index is 1.81. The maximum absolute atomic E-state index is 12.0. The first-order chi connectivity index (χ1) is 10.7. The van der Waals surface area contributed by atoms with Gasteiger partial charge in [0, 0.05) is 17.5 Å². The molecule has 0 aliphatic heterocycles. The van der Waals surface area contributed by atoms with Crippen LogP contribution < -0.4 is 10.6 Å². The highest BCUT2D eigenvalue weighted by Gasteiger charge is 2.12. The maximum Gasteiger partial charge on any atom is 0.234 e. The molecule has 3 N–H and O–H groups in total. The second-order valence-electron chi connectivity index (χ2n) is 5.16. The molecule has 1 unspecified atom stereocenters. The lowest BCUT2D eigenvalue weighted by Gasteiger charge is -2.18. The van der Waals surface area contributed by atoms with Crippen molar-refractivity contribution in [1.29, 1.82) is 0 Å². The minimum absolute atomic E-state index is 0.0135. The van der Waals surface area contributed by atoms with Crippen molar-refractivity contribution in [3.8, 4) is 0 Å². The van der Waals surface area contributed by atoms with Gasteiger partial charge in [0.05, 0.1) is 13.1 Å². The lowest BCUT2D eigenvalue weighted by atomic mass is 10.0. The Morgan fingerprint density at radius 1 is 1.27 bits per heavy atom. The average Bonchev–Trinajstić information content (AvgIpc) is 2.95. The summed E-state index contributed by atoms with van der Waals surface area (Å²) >= 11 is 1.65. The van der Waals surface area contributed by atoms with E-state index in [1.165, 1.54) is 10.4 Å². The van der Waals surface area contributed by atoms with E-state index in [0.717, 1.165) is 5.56 Å². The minimum atomic E-state index is -0.0355. The molecule has 0 aliphatic rings. The summed E-state index contributed by atoms with van der Waals surface area (Å²) in [7, 11) is 0. The van der Waals surface area contributed by atoms with Gasteiger partial charge in [-0.3, -0.25) is 4.79 Å². The number of carbonyl (C=O) groups is 1. The fourth-order valence-corrected chi connectivity index (χ4v) is 3.09. The van der Waals surface area contributed by atoms with Crippen molar-refractivity contribution in [2.75, 3.05) is 13.2 Å². The van der Waals surface area contributed by atoms with Gasteiger partial charge in [-0.15, -0.1) is 11.3 Å². The standard InChI is InChI=1S/C17H22N2O2S/c1-13-8-10-22-16(13)11-19-17(21)12-18-15(7-9-20)14-5-3-2-4-6-14/h2-6,8,10,15,18,20H,7,9,11-12H2,1H3,(H,19,21). The third kappa shape index (κ3) is 4.94. The van der Waals surface area contributed by atoms with E-state index < -0.39 is 0 Å². The Hall–Kier alpha value is -1.69. The molecule has 0 aliphatic carbocycles. The van der Waals surface area contributed by atoms with Crippen LogP contribution in [-0.4, -0.2) is 24.2 Å². The Bertz CT molecular complexity index is 583. The van der Waals surface area contributed by atoms with Crippen molar-refractivity contribution < 1.29 is 9.90 Å². The van der Waals surface area contributed by atoms with E-state index in [-0.39, 0.29) is 25.1 Å². The quantitative estimate of drug-likeness (QED) is 0.700. The molecule has 1 amide bonds. The van der Waals surface area contributed by atoms with Crippen LogP contribution in [0.1, 0.15) is 28.5 Å². The van der Waals surface area contributed by atoms with Crippen molar-refractivity contribution in [3.05, 3.63) is 57.8 Å². The molecule has 1 atom stereocenters. The molecule has 2 aromatic rings. The first kappa shape index (κ1) is 16.7. The van der Waals surface area contributed by atoms with Gasteiger partial charge < -0.3 is 15.7 Å². The molecule has 1 aromatic carbocycles. The topological polar surface area (TPSA) is 61.4 Å². The smallest absolute Gasteiger partial charge is 0.234 e. The van der Waals surface area contributed by atoms with E-state index in [0.29, 0.717) is 13.0 Å². The van der Waals surface area contributed by atoms with Crippen molar-refractivity contribution in [1.82, 2.24) is 10.6 Å². The second kappa shape index (κ2) is 8.68. The van der Waals surface area contributed by atoms with Gasteiger partial charge in [-0.25, -0.2) is 0 Å². The van der Waals surface area contributed by atoms with Gasteiger partial charge in [-0.05, 0) is 35.9 Å². The average molecular weight is 318 g/mol. The molecule has 0 saturated carbocycles. The number of benzene rings is 1. The normalized spacial score (nSPS) is 12.1. The highest BCUT2D eigenvalue weighted by molar-refractivity contribution is 7.10. The lowest BCUT2D eigenvalue weighted by molar-refractivity contribution is -0.120. The van der Waals surface area contributed by atoms with Gasteiger partial charge in [0.15, 0.2) is 0 Å². The van der Waals surface area contributed by atoms with E-state index in [4.69, 9.17) is 0 Å². The fraction of sp³-hybridized carbons (Fsp3) is 0.353. The van der Waals surface area contributed by atoms with E-state index >= 15 is 0 Å². The molecule has 4 nitrogen and oxygen atoms in total. The van der Waals surface area contributed by atoms with Gasteiger partial charge in [-0.1, -0.05) is 30.3 Å². The zero-order valence-corrected chi connectivity index (χ0v) is 13.5. The summed E-state index contributed by atoms with van der Waals surface area (Å²) in [5.41, 5.74) is 2.29. The van der Waals surface area contributed by atoms with E-state index in [1.54, 1.807) is 11.3 Å². The largest absolute Gasteiger partial charge is 0.396 e. The third-order valence-corrected chi connectivity index (χ3v) is 4.57. The van der Waals surface area contributed by atoms with Crippen LogP contribution >= 0.6 is 11.3 Å². The molecule has 118 valence electrons. The van der Waals surface area contributed by atoms with E-state index in [2.05, 4.69) is 16.7 Å². The van der Waals surface area contributed by atoms with Crippen LogP contribution in [0.25, 0.3) is 0 Å². The number of rotatable bonds is 8. The summed E-state index contributed by atoms with van der Waals surface area (Å²) in [4.78, 5) is 13.1. The molecule has 1 heterocycles. The molecule has 22 heavy (non-hydrogen) atoms. The monoisotopic (exact) mass is 318 g/mol. The molecule has 0 fully saturated rings. The SMILES string of the molecule is Cc1ccsc1CNC(=O)CNC(CCO)c1ccccc1. The lowest BCUT2D eigenvalue weighted by Crippen LogP contribution is -2.35. The number of amides is 1.